The van der Waals surface area contributed by atoms with Crippen molar-refractivity contribution in [2.45, 2.75) is 17.7 Å². The molecule has 0 saturated carbocycles. The fraction of sp³-hybridized carbons (Fsp3) is 0.300. The molecule has 2 aromatic carbocycles. The van der Waals surface area contributed by atoms with E-state index in [1.165, 1.54) is 11.8 Å². The second-order valence-electron chi connectivity index (χ2n) is 6.92. The third-order valence-electron chi connectivity index (χ3n) is 4.94. The van der Waals surface area contributed by atoms with Crippen molar-refractivity contribution in [1.82, 2.24) is 0 Å². The van der Waals surface area contributed by atoms with Crippen LogP contribution in [0.4, 0.5) is 5.69 Å². The summed E-state index contributed by atoms with van der Waals surface area (Å²) in [6.45, 7) is 0. The minimum absolute atomic E-state index is 0.0500. The number of amidine groups is 1. The number of carbonyl (C=O) groups excluding carboxylic acids is 1. The number of benzene rings is 2. The number of aliphatic imine (C=N–C) groups is 1. The molecule has 0 N–H and O–H groups in total. The van der Waals surface area contributed by atoms with Gasteiger partial charge >= 0.3 is 0 Å². The summed E-state index contributed by atoms with van der Waals surface area (Å²) in [6.07, 6.45) is 0.0911. The van der Waals surface area contributed by atoms with Gasteiger partial charge in [-0.05, 0) is 35.9 Å². The topological polar surface area (TPSA) is 76.0 Å². The Bertz CT molecular complexity index is 1070. The summed E-state index contributed by atoms with van der Waals surface area (Å²) in [5.41, 5.74) is 1.50. The van der Waals surface area contributed by atoms with Gasteiger partial charge in [-0.1, -0.05) is 41.6 Å². The van der Waals surface area contributed by atoms with Crippen LogP contribution in [0, 0.1) is 0 Å². The van der Waals surface area contributed by atoms with E-state index in [2.05, 4.69) is 4.99 Å². The van der Waals surface area contributed by atoms with Crippen molar-refractivity contribution in [3.05, 3.63) is 59.1 Å². The summed E-state index contributed by atoms with van der Waals surface area (Å²) < 4.78 is 29.5. The van der Waals surface area contributed by atoms with Crippen LogP contribution >= 0.6 is 23.4 Å². The van der Waals surface area contributed by atoms with Crippen LogP contribution in [-0.2, 0) is 21.1 Å². The SMILES string of the molecule is COc1ccc(N2C(=NC(=O)Cc3ccccc3Cl)SC3CS(=O)(=O)CC32)cc1. The standard InChI is InChI=1S/C20H19ClN2O4S2/c1-27-15-8-6-14(7-9-15)23-17-11-29(25,26)12-18(17)28-20(23)22-19(24)10-13-4-2-3-5-16(13)21/h2-9,17-18H,10-12H2,1H3. The first-order valence-electron chi connectivity index (χ1n) is 9.01. The highest BCUT2D eigenvalue weighted by Gasteiger charge is 2.49. The highest BCUT2D eigenvalue weighted by molar-refractivity contribution is 8.16. The zero-order valence-corrected chi connectivity index (χ0v) is 18.0. The zero-order chi connectivity index (χ0) is 20.6. The maximum absolute atomic E-state index is 12.6. The predicted octanol–water partition coefficient (Wildman–Crippen LogP) is 3.19. The number of thioether (sulfide) groups is 1. The van der Waals surface area contributed by atoms with Gasteiger partial charge in [-0.15, -0.1) is 0 Å². The fourth-order valence-electron chi connectivity index (χ4n) is 3.56. The number of nitrogens with zero attached hydrogens (tertiary/aromatic N) is 2. The molecule has 0 spiro atoms. The fourth-order valence-corrected chi connectivity index (χ4v) is 7.69. The van der Waals surface area contributed by atoms with E-state index >= 15 is 0 Å². The summed E-state index contributed by atoms with van der Waals surface area (Å²) in [5.74, 6) is 0.521. The molecular formula is C20H19ClN2O4S2. The molecule has 2 aromatic rings. The van der Waals surface area contributed by atoms with Gasteiger partial charge in [0.15, 0.2) is 15.0 Å². The van der Waals surface area contributed by atoms with Gasteiger partial charge in [0.25, 0.3) is 5.91 Å². The smallest absolute Gasteiger partial charge is 0.252 e. The molecule has 2 unspecified atom stereocenters. The van der Waals surface area contributed by atoms with E-state index in [4.69, 9.17) is 16.3 Å². The van der Waals surface area contributed by atoms with E-state index in [1.54, 1.807) is 31.4 Å². The lowest BCUT2D eigenvalue weighted by Crippen LogP contribution is -2.37. The van der Waals surface area contributed by atoms with Crippen molar-refractivity contribution < 1.29 is 17.9 Å². The first kappa shape index (κ1) is 20.3. The lowest BCUT2D eigenvalue weighted by Gasteiger charge is -2.24. The van der Waals surface area contributed by atoms with Crippen LogP contribution in [0.1, 0.15) is 5.56 Å². The molecule has 2 fully saturated rings. The molecule has 1 amide bonds. The average molecular weight is 451 g/mol. The minimum atomic E-state index is -3.11. The number of anilines is 1. The van der Waals surface area contributed by atoms with Crippen molar-refractivity contribution in [2.24, 2.45) is 4.99 Å². The van der Waals surface area contributed by atoms with Crippen LogP contribution in [0.2, 0.25) is 5.02 Å². The Morgan fingerprint density at radius 1 is 1.21 bits per heavy atom. The summed E-state index contributed by atoms with van der Waals surface area (Å²) in [6, 6.07) is 14.2. The Balaban J connectivity index is 1.64. The molecular weight excluding hydrogens is 432 g/mol. The third kappa shape index (κ3) is 4.29. The van der Waals surface area contributed by atoms with Crippen molar-refractivity contribution in [2.75, 3.05) is 23.5 Å². The minimum Gasteiger partial charge on any atom is -0.497 e. The number of amides is 1. The second-order valence-corrected chi connectivity index (χ2v) is 10.7. The molecule has 9 heteroatoms. The normalized spacial score (nSPS) is 23.9. The van der Waals surface area contributed by atoms with Crippen LogP contribution in [0.3, 0.4) is 0 Å². The summed E-state index contributed by atoms with van der Waals surface area (Å²) in [7, 11) is -1.53. The molecule has 4 rings (SSSR count). The molecule has 2 atom stereocenters. The van der Waals surface area contributed by atoms with Gasteiger partial charge in [-0.25, -0.2) is 8.42 Å². The number of ether oxygens (including phenoxy) is 1. The molecule has 0 bridgehead atoms. The Morgan fingerprint density at radius 2 is 1.93 bits per heavy atom. The van der Waals surface area contributed by atoms with Gasteiger partial charge < -0.3 is 9.64 Å². The lowest BCUT2D eigenvalue weighted by atomic mass is 10.1. The van der Waals surface area contributed by atoms with E-state index in [0.717, 1.165) is 5.69 Å². The van der Waals surface area contributed by atoms with Gasteiger partial charge in [0.2, 0.25) is 0 Å². The number of carbonyl (C=O) groups is 1. The Morgan fingerprint density at radius 3 is 2.62 bits per heavy atom. The number of halogens is 1. The van der Waals surface area contributed by atoms with Crippen LogP contribution < -0.4 is 9.64 Å². The summed E-state index contributed by atoms with van der Waals surface area (Å²) in [5, 5.41) is 0.904. The van der Waals surface area contributed by atoms with Gasteiger partial charge in [0.1, 0.15) is 5.75 Å². The number of methoxy groups -OCH3 is 1. The van der Waals surface area contributed by atoms with E-state index in [1.807, 2.05) is 29.2 Å². The Labute approximate surface area is 178 Å². The average Bonchev–Trinajstić information content (AvgIpc) is 3.14. The first-order chi connectivity index (χ1) is 13.9. The third-order valence-corrected chi connectivity index (χ3v) is 8.52. The van der Waals surface area contributed by atoms with Crippen LogP contribution in [-0.4, -0.2) is 49.4 Å². The molecule has 0 aromatic heterocycles. The quantitative estimate of drug-likeness (QED) is 0.712. The van der Waals surface area contributed by atoms with E-state index < -0.39 is 9.84 Å². The van der Waals surface area contributed by atoms with Crippen molar-refractivity contribution >= 4 is 50.0 Å². The number of hydrogen-bond acceptors (Lipinski definition) is 5. The molecule has 0 radical (unpaired) electrons. The van der Waals surface area contributed by atoms with Gasteiger partial charge in [-0.3, -0.25) is 4.79 Å². The van der Waals surface area contributed by atoms with Crippen LogP contribution in [0.5, 0.6) is 5.75 Å². The largest absolute Gasteiger partial charge is 0.497 e. The first-order valence-corrected chi connectivity index (χ1v) is 12.1. The molecule has 152 valence electrons. The Kier molecular flexibility index (Phi) is 5.59. The van der Waals surface area contributed by atoms with Gasteiger partial charge in [0, 0.05) is 16.0 Å². The van der Waals surface area contributed by atoms with E-state index in [-0.39, 0.29) is 35.1 Å². The van der Waals surface area contributed by atoms with Crippen molar-refractivity contribution in [3.63, 3.8) is 0 Å². The molecule has 2 aliphatic heterocycles. The highest BCUT2D eigenvalue weighted by atomic mass is 35.5. The number of sulfone groups is 1. The Hall–Kier alpha value is -2.03. The van der Waals surface area contributed by atoms with Crippen LogP contribution in [0.15, 0.2) is 53.5 Å². The summed E-state index contributed by atoms with van der Waals surface area (Å²) in [4.78, 5) is 18.8. The van der Waals surface area contributed by atoms with E-state index in [9.17, 15) is 13.2 Å². The predicted molar refractivity (Wildman–Crippen MR) is 117 cm³/mol. The zero-order valence-electron chi connectivity index (χ0n) is 15.6. The summed E-state index contributed by atoms with van der Waals surface area (Å²) >= 11 is 7.50. The molecule has 0 aliphatic carbocycles. The van der Waals surface area contributed by atoms with Gasteiger partial charge in [-0.2, -0.15) is 4.99 Å². The molecule has 2 heterocycles. The van der Waals surface area contributed by atoms with Crippen molar-refractivity contribution in [1.29, 1.82) is 0 Å². The van der Waals surface area contributed by atoms with E-state index in [0.29, 0.717) is 21.5 Å². The number of rotatable bonds is 4. The maximum Gasteiger partial charge on any atom is 0.252 e. The van der Waals surface area contributed by atoms with Crippen LogP contribution in [0.25, 0.3) is 0 Å². The monoisotopic (exact) mass is 450 g/mol. The molecule has 6 nitrogen and oxygen atoms in total. The highest BCUT2D eigenvalue weighted by Crippen LogP contribution is 2.41. The molecule has 2 aliphatic rings. The maximum atomic E-state index is 12.6. The number of hydrogen-bond donors (Lipinski definition) is 0. The van der Waals surface area contributed by atoms with Crippen molar-refractivity contribution in [3.8, 4) is 5.75 Å². The second kappa shape index (κ2) is 8.01. The lowest BCUT2D eigenvalue weighted by molar-refractivity contribution is -0.117. The molecule has 2 saturated heterocycles. The van der Waals surface area contributed by atoms with Gasteiger partial charge in [0.05, 0.1) is 31.1 Å². The molecule has 29 heavy (non-hydrogen) atoms. The number of fused-ring (bicyclic) bond motifs is 1.